The van der Waals surface area contributed by atoms with E-state index < -0.39 is 5.91 Å². The number of amides is 2. The number of nitrogens with zero attached hydrogens (tertiary/aromatic N) is 1. The van der Waals surface area contributed by atoms with Crippen molar-refractivity contribution in [1.82, 2.24) is 10.2 Å². The van der Waals surface area contributed by atoms with Crippen LogP contribution < -0.4 is 15.4 Å². The van der Waals surface area contributed by atoms with Crippen molar-refractivity contribution in [3.63, 3.8) is 0 Å². The SMILES string of the molecule is COc1ccccc1CCNC(=O)c1c(NC(=O)c2ccc(O)c(Cl)c2)sc2c1CCN(C)C2. The van der Waals surface area contributed by atoms with Gasteiger partial charge in [-0.3, -0.25) is 9.59 Å². The van der Waals surface area contributed by atoms with Crippen molar-refractivity contribution in [2.45, 2.75) is 19.4 Å². The predicted octanol–water partition coefficient (Wildman–Crippen LogP) is 4.33. The van der Waals surface area contributed by atoms with Crippen LogP contribution in [-0.4, -0.2) is 49.1 Å². The lowest BCUT2D eigenvalue weighted by Gasteiger charge is -2.22. The van der Waals surface area contributed by atoms with Crippen LogP contribution in [0.5, 0.6) is 11.5 Å². The summed E-state index contributed by atoms with van der Waals surface area (Å²) in [4.78, 5) is 29.4. The highest BCUT2D eigenvalue weighted by molar-refractivity contribution is 7.17. The van der Waals surface area contributed by atoms with Gasteiger partial charge < -0.3 is 25.4 Å². The van der Waals surface area contributed by atoms with E-state index >= 15 is 0 Å². The Labute approximate surface area is 207 Å². The van der Waals surface area contributed by atoms with Crippen LogP contribution in [0.4, 0.5) is 5.00 Å². The molecule has 0 aliphatic carbocycles. The zero-order valence-corrected chi connectivity index (χ0v) is 20.6. The number of anilines is 1. The second-order valence-electron chi connectivity index (χ2n) is 8.13. The van der Waals surface area contributed by atoms with E-state index in [0.29, 0.717) is 29.1 Å². The first kappa shape index (κ1) is 24.1. The predicted molar refractivity (Wildman–Crippen MR) is 134 cm³/mol. The highest BCUT2D eigenvalue weighted by Crippen LogP contribution is 2.37. The van der Waals surface area contributed by atoms with E-state index in [0.717, 1.165) is 41.3 Å². The third-order valence-corrected chi connectivity index (χ3v) is 7.22. The number of likely N-dealkylation sites (N-methyl/N-ethyl adjacent to an activating group) is 1. The number of phenols is 1. The lowest BCUT2D eigenvalue weighted by Crippen LogP contribution is -2.30. The van der Waals surface area contributed by atoms with E-state index in [-0.39, 0.29) is 16.7 Å². The van der Waals surface area contributed by atoms with Gasteiger partial charge in [-0.2, -0.15) is 0 Å². The van der Waals surface area contributed by atoms with Gasteiger partial charge in [0.05, 0.1) is 17.7 Å². The van der Waals surface area contributed by atoms with Crippen LogP contribution >= 0.6 is 22.9 Å². The molecule has 9 heteroatoms. The van der Waals surface area contributed by atoms with Gasteiger partial charge in [-0.15, -0.1) is 11.3 Å². The fourth-order valence-corrected chi connectivity index (χ4v) is 5.49. The molecular weight excluding hydrogens is 474 g/mol. The summed E-state index contributed by atoms with van der Waals surface area (Å²) < 4.78 is 5.39. The van der Waals surface area contributed by atoms with E-state index in [1.54, 1.807) is 7.11 Å². The monoisotopic (exact) mass is 499 g/mol. The molecule has 0 fully saturated rings. The van der Waals surface area contributed by atoms with Crippen molar-refractivity contribution < 1.29 is 19.4 Å². The molecule has 1 aliphatic heterocycles. The van der Waals surface area contributed by atoms with E-state index in [4.69, 9.17) is 16.3 Å². The molecule has 1 aliphatic rings. The summed E-state index contributed by atoms with van der Waals surface area (Å²) in [6.45, 7) is 2.00. The van der Waals surface area contributed by atoms with Crippen LogP contribution in [0.25, 0.3) is 0 Å². The number of para-hydroxylation sites is 1. The van der Waals surface area contributed by atoms with Gasteiger partial charge in [0, 0.05) is 30.1 Å². The molecule has 0 saturated heterocycles. The summed E-state index contributed by atoms with van der Waals surface area (Å²) >= 11 is 7.39. The molecule has 1 aromatic heterocycles. The fourth-order valence-electron chi connectivity index (χ4n) is 3.99. The first-order valence-electron chi connectivity index (χ1n) is 10.9. The Hall–Kier alpha value is -3.07. The summed E-state index contributed by atoms with van der Waals surface area (Å²) in [5.74, 6) is 0.0871. The Balaban J connectivity index is 1.55. The average Bonchev–Trinajstić information content (AvgIpc) is 3.17. The molecular formula is C25H26ClN3O4S. The minimum Gasteiger partial charge on any atom is -0.506 e. The molecule has 4 rings (SSSR count). The Morgan fingerprint density at radius 3 is 2.76 bits per heavy atom. The van der Waals surface area contributed by atoms with Crippen molar-refractivity contribution >= 4 is 39.8 Å². The quantitative estimate of drug-likeness (QED) is 0.450. The lowest BCUT2D eigenvalue weighted by atomic mass is 10.0. The number of phenolic OH excluding ortho intramolecular Hbond substituents is 1. The average molecular weight is 500 g/mol. The summed E-state index contributed by atoms with van der Waals surface area (Å²) in [5, 5.41) is 16.1. The third kappa shape index (κ3) is 5.19. The molecule has 3 N–H and O–H groups in total. The van der Waals surface area contributed by atoms with Crippen molar-refractivity contribution in [2.75, 3.05) is 32.6 Å². The van der Waals surface area contributed by atoms with Crippen LogP contribution in [0.1, 0.15) is 36.7 Å². The maximum absolute atomic E-state index is 13.3. The number of carbonyl (C=O) groups excluding carboxylic acids is 2. The summed E-state index contributed by atoms with van der Waals surface area (Å²) in [6.07, 6.45) is 1.36. The number of rotatable bonds is 7. The molecule has 7 nitrogen and oxygen atoms in total. The number of hydrogen-bond donors (Lipinski definition) is 3. The van der Waals surface area contributed by atoms with Gasteiger partial charge in [0.25, 0.3) is 11.8 Å². The number of aromatic hydroxyl groups is 1. The normalized spacial score (nSPS) is 13.3. The Bertz CT molecular complexity index is 1230. The van der Waals surface area contributed by atoms with Gasteiger partial charge in [-0.25, -0.2) is 0 Å². The van der Waals surface area contributed by atoms with Gasteiger partial charge in [0.1, 0.15) is 16.5 Å². The molecule has 0 saturated carbocycles. The lowest BCUT2D eigenvalue weighted by molar-refractivity contribution is 0.0953. The van der Waals surface area contributed by atoms with Gasteiger partial charge >= 0.3 is 0 Å². The topological polar surface area (TPSA) is 90.9 Å². The molecule has 2 aromatic carbocycles. The van der Waals surface area contributed by atoms with Crippen LogP contribution in [0.3, 0.4) is 0 Å². The molecule has 0 atom stereocenters. The summed E-state index contributed by atoms with van der Waals surface area (Å²) in [5.41, 5.74) is 2.81. The van der Waals surface area contributed by atoms with E-state index in [1.165, 1.54) is 29.5 Å². The highest BCUT2D eigenvalue weighted by atomic mass is 35.5. The van der Waals surface area contributed by atoms with Gasteiger partial charge in [-0.05, 0) is 55.3 Å². The maximum Gasteiger partial charge on any atom is 0.256 e. The Morgan fingerprint density at radius 2 is 2.00 bits per heavy atom. The minimum atomic E-state index is -0.392. The van der Waals surface area contributed by atoms with Crippen LogP contribution in [0, 0.1) is 0 Å². The molecule has 2 amide bonds. The van der Waals surface area contributed by atoms with Gasteiger partial charge in [0.15, 0.2) is 0 Å². The second kappa shape index (κ2) is 10.5. The van der Waals surface area contributed by atoms with Crippen LogP contribution in [-0.2, 0) is 19.4 Å². The zero-order valence-electron chi connectivity index (χ0n) is 19.0. The van der Waals surface area contributed by atoms with Crippen LogP contribution in [0.2, 0.25) is 5.02 Å². The molecule has 34 heavy (non-hydrogen) atoms. The molecule has 0 unspecified atom stereocenters. The molecule has 178 valence electrons. The highest BCUT2D eigenvalue weighted by Gasteiger charge is 2.28. The third-order valence-electron chi connectivity index (χ3n) is 5.78. The summed E-state index contributed by atoms with van der Waals surface area (Å²) in [7, 11) is 3.66. The van der Waals surface area contributed by atoms with Crippen molar-refractivity contribution in [2.24, 2.45) is 0 Å². The molecule has 2 heterocycles. The summed E-state index contributed by atoms with van der Waals surface area (Å²) in [6, 6.07) is 12.0. The largest absolute Gasteiger partial charge is 0.506 e. The Morgan fingerprint density at radius 1 is 1.21 bits per heavy atom. The Kier molecular flexibility index (Phi) is 7.41. The minimum absolute atomic E-state index is 0.0917. The number of ether oxygens (including phenoxy) is 1. The maximum atomic E-state index is 13.3. The van der Waals surface area contributed by atoms with Crippen LogP contribution in [0.15, 0.2) is 42.5 Å². The van der Waals surface area contributed by atoms with Crippen molar-refractivity contribution in [1.29, 1.82) is 0 Å². The van der Waals surface area contributed by atoms with E-state index in [1.807, 2.05) is 31.3 Å². The zero-order chi connectivity index (χ0) is 24.2. The van der Waals surface area contributed by atoms with Gasteiger partial charge in [0.2, 0.25) is 0 Å². The molecule has 0 radical (unpaired) electrons. The molecule has 0 bridgehead atoms. The standard InChI is InChI=1S/C25H26ClN3O4S/c1-29-12-10-17-21(14-29)34-25(28-23(31)16-7-8-19(30)18(26)13-16)22(17)24(32)27-11-9-15-5-3-4-6-20(15)33-2/h3-8,13,30H,9-12,14H2,1-2H3,(H,27,32)(H,28,31). The number of hydrogen-bond acceptors (Lipinski definition) is 6. The van der Waals surface area contributed by atoms with E-state index in [9.17, 15) is 14.7 Å². The smallest absolute Gasteiger partial charge is 0.256 e. The first-order valence-corrected chi connectivity index (χ1v) is 12.1. The van der Waals surface area contributed by atoms with Crippen molar-refractivity contribution in [3.8, 4) is 11.5 Å². The number of halogens is 1. The van der Waals surface area contributed by atoms with E-state index in [2.05, 4.69) is 15.5 Å². The fraction of sp³-hybridized carbons (Fsp3) is 0.280. The number of methoxy groups -OCH3 is 1. The van der Waals surface area contributed by atoms with Crippen molar-refractivity contribution in [3.05, 3.63) is 74.6 Å². The van der Waals surface area contributed by atoms with Gasteiger partial charge in [-0.1, -0.05) is 29.8 Å². The number of fused-ring (bicyclic) bond motifs is 1. The number of benzene rings is 2. The first-order chi connectivity index (χ1) is 16.4. The number of thiophene rings is 1. The second-order valence-corrected chi connectivity index (χ2v) is 9.65. The number of nitrogens with one attached hydrogen (secondary N) is 2. The number of carbonyl (C=O) groups is 2. The molecule has 0 spiro atoms. The molecule has 3 aromatic rings.